The third kappa shape index (κ3) is 2.51. The maximum Gasteiger partial charge on any atom is 0.103 e. The molecule has 2 atom stereocenters. The van der Waals surface area contributed by atoms with Gasteiger partial charge in [0.2, 0.25) is 0 Å². The predicted molar refractivity (Wildman–Crippen MR) is 81.9 cm³/mol. The van der Waals surface area contributed by atoms with Crippen molar-refractivity contribution in [1.29, 1.82) is 0 Å². The zero-order valence-electron chi connectivity index (χ0n) is 11.9. The number of rotatable bonds is 4. The van der Waals surface area contributed by atoms with E-state index >= 15 is 0 Å². The number of hydrogen-bond acceptors (Lipinski definition) is 4. The van der Waals surface area contributed by atoms with Gasteiger partial charge in [-0.3, -0.25) is 0 Å². The molecule has 2 aromatic rings. The van der Waals surface area contributed by atoms with Gasteiger partial charge in [0.05, 0.1) is 5.01 Å². The van der Waals surface area contributed by atoms with Crippen LogP contribution in [-0.2, 0) is 12.0 Å². The zero-order chi connectivity index (χ0) is 14.2. The fraction of sp³-hybridized carbons (Fsp3) is 0.438. The summed E-state index contributed by atoms with van der Waals surface area (Å²) in [6, 6.07) is 8.43. The van der Waals surface area contributed by atoms with Gasteiger partial charge >= 0.3 is 0 Å². The van der Waals surface area contributed by atoms with Crippen LogP contribution >= 0.6 is 11.3 Å². The van der Waals surface area contributed by atoms with Gasteiger partial charge in [-0.15, -0.1) is 11.3 Å². The molecule has 0 saturated heterocycles. The van der Waals surface area contributed by atoms with Crippen molar-refractivity contribution < 1.29 is 5.11 Å². The van der Waals surface area contributed by atoms with Crippen LogP contribution in [0.3, 0.4) is 0 Å². The molecule has 1 heterocycles. The summed E-state index contributed by atoms with van der Waals surface area (Å²) in [4.78, 5) is 5.51. The standard InChI is InChI=1S/C16H20N2OS/c1-11(15-9-17-12(2)20-15)18-10-16(19)8-7-13-5-3-4-6-14(13)16/h3-6,9,11,18-19H,7-8,10H2,1-2H3. The van der Waals surface area contributed by atoms with Crippen LogP contribution in [0.1, 0.15) is 40.4 Å². The van der Waals surface area contributed by atoms with Gasteiger partial charge in [0, 0.05) is 23.7 Å². The number of aryl methyl sites for hydroxylation is 2. The summed E-state index contributed by atoms with van der Waals surface area (Å²) in [6.45, 7) is 4.72. The maximum absolute atomic E-state index is 10.9. The lowest BCUT2D eigenvalue weighted by Gasteiger charge is -2.26. The van der Waals surface area contributed by atoms with E-state index in [-0.39, 0.29) is 6.04 Å². The average Bonchev–Trinajstić information content (AvgIpc) is 3.02. The molecule has 2 unspecified atom stereocenters. The number of nitrogens with one attached hydrogen (secondary N) is 1. The van der Waals surface area contributed by atoms with E-state index < -0.39 is 5.60 Å². The summed E-state index contributed by atoms with van der Waals surface area (Å²) in [6.07, 6.45) is 3.68. The Morgan fingerprint density at radius 1 is 1.45 bits per heavy atom. The van der Waals surface area contributed by atoms with Crippen LogP contribution < -0.4 is 5.32 Å². The molecular weight excluding hydrogens is 268 g/mol. The molecule has 1 aliphatic carbocycles. The minimum atomic E-state index is -0.732. The highest BCUT2D eigenvalue weighted by Gasteiger charge is 2.36. The third-order valence-corrected chi connectivity index (χ3v) is 5.19. The highest BCUT2D eigenvalue weighted by atomic mass is 32.1. The van der Waals surface area contributed by atoms with Gasteiger partial charge in [0.15, 0.2) is 0 Å². The first kappa shape index (κ1) is 13.7. The van der Waals surface area contributed by atoms with E-state index in [1.54, 1.807) is 11.3 Å². The number of nitrogens with zero attached hydrogens (tertiary/aromatic N) is 1. The van der Waals surface area contributed by atoms with Crippen LogP contribution in [0.4, 0.5) is 0 Å². The largest absolute Gasteiger partial charge is 0.384 e. The van der Waals surface area contributed by atoms with Crippen LogP contribution in [0.15, 0.2) is 30.5 Å². The Hall–Kier alpha value is -1.23. The Bertz CT molecular complexity index is 610. The molecule has 1 aromatic carbocycles. The second-order valence-corrected chi connectivity index (χ2v) is 6.84. The SMILES string of the molecule is Cc1ncc(C(C)NCC2(O)CCc3ccccc32)s1. The van der Waals surface area contributed by atoms with Crippen LogP contribution in [0, 0.1) is 6.92 Å². The number of benzene rings is 1. The van der Waals surface area contributed by atoms with Gasteiger partial charge < -0.3 is 10.4 Å². The van der Waals surface area contributed by atoms with Crippen molar-refractivity contribution in [2.24, 2.45) is 0 Å². The Labute approximate surface area is 123 Å². The van der Waals surface area contributed by atoms with Crippen LogP contribution in [0.2, 0.25) is 0 Å². The molecule has 3 nitrogen and oxygen atoms in total. The fourth-order valence-corrected chi connectivity index (χ4v) is 3.66. The van der Waals surface area contributed by atoms with E-state index in [0.717, 1.165) is 23.4 Å². The first-order valence-corrected chi connectivity index (χ1v) is 7.87. The normalized spacial score (nSPS) is 22.8. The molecule has 0 amide bonds. The molecule has 0 radical (unpaired) electrons. The Balaban J connectivity index is 1.70. The summed E-state index contributed by atoms with van der Waals surface area (Å²) in [5.41, 5.74) is 1.63. The molecule has 0 saturated carbocycles. The van der Waals surface area contributed by atoms with Gasteiger partial charge in [-0.2, -0.15) is 0 Å². The summed E-state index contributed by atoms with van der Waals surface area (Å²) >= 11 is 1.71. The maximum atomic E-state index is 10.9. The molecule has 3 rings (SSSR count). The van der Waals surface area contributed by atoms with Crippen molar-refractivity contribution in [1.82, 2.24) is 10.3 Å². The highest BCUT2D eigenvalue weighted by Crippen LogP contribution is 2.36. The van der Waals surface area contributed by atoms with Gasteiger partial charge in [-0.1, -0.05) is 24.3 Å². The van der Waals surface area contributed by atoms with E-state index in [0.29, 0.717) is 6.54 Å². The Kier molecular flexibility index (Phi) is 3.63. The monoisotopic (exact) mass is 288 g/mol. The van der Waals surface area contributed by atoms with Gasteiger partial charge in [-0.05, 0) is 37.8 Å². The van der Waals surface area contributed by atoms with Crippen molar-refractivity contribution in [2.45, 2.75) is 38.3 Å². The molecule has 20 heavy (non-hydrogen) atoms. The first-order chi connectivity index (χ1) is 9.58. The fourth-order valence-electron chi connectivity index (χ4n) is 2.85. The van der Waals surface area contributed by atoms with Crippen molar-refractivity contribution in [3.05, 3.63) is 51.5 Å². The summed E-state index contributed by atoms with van der Waals surface area (Å²) in [5.74, 6) is 0. The summed E-state index contributed by atoms with van der Waals surface area (Å²) in [5, 5.41) is 15.4. The van der Waals surface area contributed by atoms with Gasteiger partial charge in [0.25, 0.3) is 0 Å². The zero-order valence-corrected chi connectivity index (χ0v) is 12.7. The van der Waals surface area contributed by atoms with Gasteiger partial charge in [0.1, 0.15) is 5.60 Å². The lowest BCUT2D eigenvalue weighted by molar-refractivity contribution is 0.0364. The number of hydrogen-bond donors (Lipinski definition) is 2. The minimum Gasteiger partial charge on any atom is -0.384 e. The second-order valence-electron chi connectivity index (χ2n) is 5.57. The van der Waals surface area contributed by atoms with Crippen molar-refractivity contribution >= 4 is 11.3 Å². The van der Waals surface area contributed by atoms with E-state index in [1.807, 2.05) is 31.3 Å². The highest BCUT2D eigenvalue weighted by molar-refractivity contribution is 7.11. The van der Waals surface area contributed by atoms with E-state index in [1.165, 1.54) is 10.4 Å². The Morgan fingerprint density at radius 3 is 3.00 bits per heavy atom. The second kappa shape index (κ2) is 5.28. The lowest BCUT2D eigenvalue weighted by Crippen LogP contribution is -2.37. The first-order valence-electron chi connectivity index (χ1n) is 7.05. The predicted octanol–water partition coefficient (Wildman–Crippen LogP) is 2.94. The molecule has 106 valence electrons. The molecule has 1 aliphatic rings. The summed E-state index contributed by atoms with van der Waals surface area (Å²) in [7, 11) is 0. The van der Waals surface area contributed by atoms with E-state index in [9.17, 15) is 5.11 Å². The minimum absolute atomic E-state index is 0.220. The molecule has 1 aromatic heterocycles. The summed E-state index contributed by atoms with van der Waals surface area (Å²) < 4.78 is 0. The molecule has 0 spiro atoms. The van der Waals surface area contributed by atoms with E-state index in [2.05, 4.69) is 23.3 Å². The van der Waals surface area contributed by atoms with Crippen molar-refractivity contribution in [3.8, 4) is 0 Å². The van der Waals surface area contributed by atoms with Gasteiger partial charge in [-0.25, -0.2) is 4.98 Å². The smallest absolute Gasteiger partial charge is 0.103 e. The molecule has 0 aliphatic heterocycles. The molecular formula is C16H20N2OS. The number of aliphatic hydroxyl groups is 1. The van der Waals surface area contributed by atoms with Crippen LogP contribution in [-0.4, -0.2) is 16.6 Å². The molecule has 2 N–H and O–H groups in total. The molecule has 0 bridgehead atoms. The quantitative estimate of drug-likeness (QED) is 0.909. The van der Waals surface area contributed by atoms with Crippen molar-refractivity contribution in [2.75, 3.05) is 6.54 Å². The van der Waals surface area contributed by atoms with Crippen molar-refractivity contribution in [3.63, 3.8) is 0 Å². The third-order valence-electron chi connectivity index (χ3n) is 4.09. The average molecular weight is 288 g/mol. The van der Waals surface area contributed by atoms with E-state index in [4.69, 9.17) is 0 Å². The van der Waals surface area contributed by atoms with Crippen LogP contribution in [0.5, 0.6) is 0 Å². The van der Waals surface area contributed by atoms with Crippen LogP contribution in [0.25, 0.3) is 0 Å². The number of fused-ring (bicyclic) bond motifs is 1. The number of thiazole rings is 1. The lowest BCUT2D eigenvalue weighted by atomic mass is 9.95. The Morgan fingerprint density at radius 2 is 2.25 bits per heavy atom. The molecule has 0 fully saturated rings. The number of aromatic nitrogens is 1. The molecule has 4 heteroatoms. The topological polar surface area (TPSA) is 45.2 Å².